The topological polar surface area (TPSA) is 136 Å². The van der Waals surface area contributed by atoms with Gasteiger partial charge in [0.25, 0.3) is 0 Å². The number of halogens is 3. The van der Waals surface area contributed by atoms with E-state index < -0.39 is 12.0 Å². The van der Waals surface area contributed by atoms with Crippen molar-refractivity contribution in [3.05, 3.63) is 37.1 Å². The number of aliphatic carboxylic acids is 1. The summed E-state index contributed by atoms with van der Waals surface area (Å²) in [5.74, 6) is -1.44. The number of carbonyl (C=O) groups is 1. The Kier molecular flexibility index (Phi) is 18.3. The Bertz CT molecular complexity index is 658. The summed E-state index contributed by atoms with van der Waals surface area (Å²) in [7, 11) is 6.28. The standard InChI is InChI=1S/C16H22Br2N2O3.ClH.Cu.HN3/c1-20(2,3)7-5-4-6-14(16(22)23)19-10-12-13(18)8-11(17)9-15(12)21;;;1-3-2/h8-10,14H,4-7H2,1-3H3,(H-,19,21,22,23);1H;;1H/q;;+2;/p-2. The average molecular weight is 591 g/mol. The van der Waals surface area contributed by atoms with E-state index in [2.05, 4.69) is 58.0 Å². The van der Waals surface area contributed by atoms with Crippen LogP contribution in [0.5, 0.6) is 5.75 Å². The summed E-state index contributed by atoms with van der Waals surface area (Å²) in [5.41, 5.74) is 12.6. The van der Waals surface area contributed by atoms with Crippen molar-refractivity contribution in [1.29, 1.82) is 5.53 Å². The van der Waals surface area contributed by atoms with E-state index in [1.807, 2.05) is 0 Å². The first-order valence-corrected chi connectivity index (χ1v) is 9.31. The van der Waals surface area contributed by atoms with Gasteiger partial charge in [0.05, 0.1) is 39.7 Å². The monoisotopic (exact) mass is 588 g/mol. The molecule has 1 unspecified atom stereocenters. The molecule has 0 aliphatic rings. The van der Waals surface area contributed by atoms with Gasteiger partial charge in [-0.3, -0.25) is 4.99 Å². The minimum atomic E-state index is -1.22. The Morgan fingerprint density at radius 3 is 2.32 bits per heavy atom. The van der Waals surface area contributed by atoms with Crippen molar-refractivity contribution >= 4 is 44.0 Å². The second kappa shape index (κ2) is 16.0. The minimum Gasteiger partial charge on any atom is -1.00 e. The molecular weight excluding hydrogens is 569 g/mol. The molecule has 0 saturated carbocycles. The predicted molar refractivity (Wildman–Crippen MR) is 104 cm³/mol. The van der Waals surface area contributed by atoms with Gasteiger partial charge in [-0.1, -0.05) is 43.7 Å². The van der Waals surface area contributed by atoms with E-state index >= 15 is 0 Å². The number of quaternary nitrogens is 1. The summed E-state index contributed by atoms with van der Waals surface area (Å²) in [6.45, 7) is 0.965. The van der Waals surface area contributed by atoms with Crippen molar-refractivity contribution in [2.45, 2.75) is 25.3 Å². The van der Waals surface area contributed by atoms with E-state index in [-0.39, 0.29) is 35.2 Å². The molecule has 0 aromatic heterocycles. The van der Waals surface area contributed by atoms with E-state index in [0.717, 1.165) is 23.9 Å². The molecule has 8 nitrogen and oxygen atoms in total. The van der Waals surface area contributed by atoms with Gasteiger partial charge in [0, 0.05) is 15.2 Å². The molecular formula is C16H22Br2ClCuN5O3. The zero-order valence-corrected chi connectivity index (χ0v) is 20.5. The Morgan fingerprint density at radius 1 is 1.36 bits per heavy atom. The van der Waals surface area contributed by atoms with Crippen molar-refractivity contribution in [3.8, 4) is 5.75 Å². The molecule has 0 aliphatic heterocycles. The quantitative estimate of drug-likeness (QED) is 0.0837. The SMILES string of the molecule is C[N+](C)(C)CCCCC(N=Cc1c([O-])cc(Br)cc1Br)C(=O)[O-].[Cl-].[Cu+2].[N-]=[N+]=N. The largest absolute Gasteiger partial charge is 2.00 e. The summed E-state index contributed by atoms with van der Waals surface area (Å²) < 4.78 is 2.07. The van der Waals surface area contributed by atoms with Crippen LogP contribution in [0.3, 0.4) is 0 Å². The molecule has 1 N–H and O–H groups in total. The molecule has 0 aliphatic carbocycles. The third-order valence-corrected chi connectivity index (χ3v) is 4.38. The maximum atomic E-state index is 11.9. The van der Waals surface area contributed by atoms with Crippen molar-refractivity contribution in [2.24, 2.45) is 4.99 Å². The number of rotatable bonds is 8. The third-order valence-electron chi connectivity index (χ3n) is 3.27. The molecule has 1 rings (SSSR count). The van der Waals surface area contributed by atoms with Gasteiger partial charge in [0.15, 0.2) is 0 Å². The number of aliphatic imine (C=N–C) groups is 1. The minimum absolute atomic E-state index is 0. The van der Waals surface area contributed by atoms with Crippen LogP contribution in [0.25, 0.3) is 10.4 Å². The molecule has 1 aromatic rings. The summed E-state index contributed by atoms with van der Waals surface area (Å²) >= 11 is 6.51. The Morgan fingerprint density at radius 2 is 1.89 bits per heavy atom. The second-order valence-corrected chi connectivity index (χ2v) is 8.29. The summed E-state index contributed by atoms with van der Waals surface area (Å²) in [6.07, 6.45) is 3.38. The molecule has 0 heterocycles. The number of hydrogen-bond donors (Lipinski definition) is 1. The van der Waals surface area contributed by atoms with E-state index in [0.29, 0.717) is 20.9 Å². The van der Waals surface area contributed by atoms with Gasteiger partial charge in [0.1, 0.15) is 0 Å². The summed E-state index contributed by atoms with van der Waals surface area (Å²) in [6, 6.07) is 2.21. The number of carbonyl (C=O) groups excluding carboxylic acids is 1. The number of nitrogens with zero attached hydrogens (tertiary/aromatic N) is 4. The van der Waals surface area contributed by atoms with Gasteiger partial charge in [-0.2, -0.15) is 0 Å². The fourth-order valence-corrected chi connectivity index (χ4v) is 3.32. The van der Waals surface area contributed by atoms with Crippen LogP contribution < -0.4 is 22.6 Å². The van der Waals surface area contributed by atoms with Crippen molar-refractivity contribution in [1.82, 2.24) is 0 Å². The maximum absolute atomic E-state index is 11.9. The summed E-state index contributed by atoms with van der Waals surface area (Å²) in [4.78, 5) is 17.0. The molecule has 1 aromatic carbocycles. The fourth-order valence-electron chi connectivity index (χ4n) is 2.03. The van der Waals surface area contributed by atoms with Gasteiger partial charge in [-0.15, -0.1) is 5.53 Å². The first-order chi connectivity index (χ1) is 12.0. The van der Waals surface area contributed by atoms with Crippen LogP contribution in [0.1, 0.15) is 24.8 Å². The van der Waals surface area contributed by atoms with E-state index in [1.54, 1.807) is 11.0 Å². The van der Waals surface area contributed by atoms with Crippen LogP contribution in [-0.4, -0.2) is 50.4 Å². The van der Waals surface area contributed by atoms with Crippen LogP contribution in [0.2, 0.25) is 0 Å². The maximum Gasteiger partial charge on any atom is 2.00 e. The molecule has 0 amide bonds. The van der Waals surface area contributed by atoms with E-state index in [4.69, 9.17) is 11.1 Å². The molecule has 161 valence electrons. The van der Waals surface area contributed by atoms with Crippen LogP contribution >= 0.6 is 31.9 Å². The molecule has 0 bridgehead atoms. The molecule has 0 fully saturated rings. The number of unbranched alkanes of at least 4 members (excludes halogenated alkanes) is 1. The number of benzene rings is 1. The molecule has 1 atom stereocenters. The molecule has 28 heavy (non-hydrogen) atoms. The fraction of sp³-hybridized carbons (Fsp3) is 0.500. The zero-order valence-electron chi connectivity index (χ0n) is 15.6. The third kappa shape index (κ3) is 14.2. The zero-order chi connectivity index (χ0) is 20.3. The van der Waals surface area contributed by atoms with Gasteiger partial charge < -0.3 is 31.9 Å². The van der Waals surface area contributed by atoms with Crippen LogP contribution in [0, 0.1) is 5.53 Å². The molecule has 0 saturated heterocycles. The molecule has 0 spiro atoms. The first-order valence-electron chi connectivity index (χ1n) is 7.73. The molecule has 1 radical (unpaired) electrons. The van der Waals surface area contributed by atoms with Crippen molar-refractivity contribution in [3.63, 3.8) is 0 Å². The smallest absolute Gasteiger partial charge is 1.00 e. The Balaban J connectivity index is -0.00000117. The number of hydrogen-bond acceptors (Lipinski definition) is 5. The van der Waals surface area contributed by atoms with Crippen LogP contribution in [-0.2, 0) is 21.9 Å². The second-order valence-electron chi connectivity index (χ2n) is 6.52. The number of nitrogens with one attached hydrogen (secondary N) is 1. The van der Waals surface area contributed by atoms with Crippen molar-refractivity contribution < 1.29 is 49.0 Å². The Labute approximate surface area is 198 Å². The van der Waals surface area contributed by atoms with Crippen LogP contribution in [0.15, 0.2) is 26.1 Å². The van der Waals surface area contributed by atoms with E-state index in [9.17, 15) is 15.0 Å². The molecule has 12 heteroatoms. The number of carboxylic acids is 1. The normalized spacial score (nSPS) is 11.3. The van der Waals surface area contributed by atoms with Crippen molar-refractivity contribution in [2.75, 3.05) is 27.7 Å². The predicted octanol–water partition coefficient (Wildman–Crippen LogP) is -0.424. The Hall–Kier alpha value is -0.801. The first kappa shape index (κ1) is 31.9. The van der Waals surface area contributed by atoms with Gasteiger partial charge in [0.2, 0.25) is 0 Å². The number of carboxylic acid groups (broad SMARTS) is 1. The van der Waals surface area contributed by atoms with Gasteiger partial charge in [-0.25, -0.2) is 0 Å². The summed E-state index contributed by atoms with van der Waals surface area (Å²) in [5, 5.41) is 23.1. The average Bonchev–Trinajstić information content (AvgIpc) is 2.47. The van der Waals surface area contributed by atoms with Gasteiger partial charge >= 0.3 is 17.1 Å². The van der Waals surface area contributed by atoms with Crippen LogP contribution in [0.4, 0.5) is 0 Å². The van der Waals surface area contributed by atoms with Gasteiger partial charge in [-0.05, 0) is 41.3 Å². The van der Waals surface area contributed by atoms with E-state index in [1.165, 1.54) is 12.3 Å².